The van der Waals surface area contributed by atoms with Crippen LogP contribution in [0, 0.1) is 0 Å². The molecule has 7 nitrogen and oxygen atoms in total. The summed E-state index contributed by atoms with van der Waals surface area (Å²) < 4.78 is 1.02. The minimum absolute atomic E-state index is 0.0291. The number of nitrogens with zero attached hydrogens (tertiary/aromatic N) is 2. The van der Waals surface area contributed by atoms with Crippen molar-refractivity contribution >= 4 is 44.4 Å². The number of carbonyl (C=O) groups excluding carboxylic acids is 3. The minimum Gasteiger partial charge on any atom is -0.356 e. The van der Waals surface area contributed by atoms with Crippen LogP contribution in [0.4, 0.5) is 5.13 Å². The molecule has 2 aromatic rings. The fraction of sp³-hybridized carbons (Fsp3) is 0.500. The zero-order valence-electron chi connectivity index (χ0n) is 16.1. The SMILES string of the molecule is CC(=O)NCCCCCC(=O)N1CCCC1C(=O)Nc1nc2ccccc2s1. The number of anilines is 1. The molecule has 1 fully saturated rings. The van der Waals surface area contributed by atoms with Crippen LogP contribution in [0.5, 0.6) is 0 Å². The average Bonchev–Trinajstić information content (AvgIpc) is 3.30. The predicted molar refractivity (Wildman–Crippen MR) is 110 cm³/mol. The van der Waals surface area contributed by atoms with E-state index < -0.39 is 6.04 Å². The molecule has 0 aliphatic carbocycles. The normalized spacial score (nSPS) is 16.3. The van der Waals surface area contributed by atoms with Crippen LogP contribution in [-0.2, 0) is 14.4 Å². The first-order chi connectivity index (χ1) is 13.5. The van der Waals surface area contributed by atoms with Crippen molar-refractivity contribution in [3.8, 4) is 0 Å². The fourth-order valence-corrected chi connectivity index (χ4v) is 4.31. The Morgan fingerprint density at radius 2 is 2.04 bits per heavy atom. The molecule has 28 heavy (non-hydrogen) atoms. The van der Waals surface area contributed by atoms with Crippen molar-refractivity contribution in [2.24, 2.45) is 0 Å². The number of benzene rings is 1. The Kier molecular flexibility index (Phi) is 6.97. The quantitative estimate of drug-likeness (QED) is 0.664. The topological polar surface area (TPSA) is 91.4 Å². The van der Waals surface area contributed by atoms with Gasteiger partial charge in [0.25, 0.3) is 0 Å². The van der Waals surface area contributed by atoms with Gasteiger partial charge in [-0.3, -0.25) is 14.4 Å². The highest BCUT2D eigenvalue weighted by molar-refractivity contribution is 7.22. The van der Waals surface area contributed by atoms with E-state index in [9.17, 15) is 14.4 Å². The molecule has 3 rings (SSSR count). The molecule has 0 bridgehead atoms. The van der Waals surface area contributed by atoms with Crippen LogP contribution in [0.15, 0.2) is 24.3 Å². The van der Waals surface area contributed by atoms with E-state index in [0.717, 1.165) is 35.9 Å². The summed E-state index contributed by atoms with van der Waals surface area (Å²) in [5, 5.41) is 6.21. The molecule has 3 amide bonds. The van der Waals surface area contributed by atoms with Crippen molar-refractivity contribution in [2.75, 3.05) is 18.4 Å². The summed E-state index contributed by atoms with van der Waals surface area (Å²) in [5.41, 5.74) is 0.862. The molecular formula is C20H26N4O3S. The highest BCUT2D eigenvalue weighted by Crippen LogP contribution is 2.27. The third kappa shape index (κ3) is 5.28. The van der Waals surface area contributed by atoms with Gasteiger partial charge in [0.05, 0.1) is 10.2 Å². The fourth-order valence-electron chi connectivity index (χ4n) is 3.44. The van der Waals surface area contributed by atoms with Crippen LogP contribution >= 0.6 is 11.3 Å². The number of hydrogen-bond donors (Lipinski definition) is 2. The zero-order valence-corrected chi connectivity index (χ0v) is 16.9. The molecule has 1 aliphatic rings. The maximum absolute atomic E-state index is 12.7. The van der Waals surface area contributed by atoms with Gasteiger partial charge < -0.3 is 15.5 Å². The first-order valence-corrected chi connectivity index (χ1v) is 10.6. The van der Waals surface area contributed by atoms with Crippen molar-refractivity contribution < 1.29 is 14.4 Å². The van der Waals surface area contributed by atoms with Crippen LogP contribution in [-0.4, -0.2) is 46.7 Å². The molecule has 1 aromatic carbocycles. The zero-order chi connectivity index (χ0) is 19.9. The maximum Gasteiger partial charge on any atom is 0.248 e. The average molecular weight is 403 g/mol. The van der Waals surface area contributed by atoms with Crippen molar-refractivity contribution in [2.45, 2.75) is 51.5 Å². The molecular weight excluding hydrogens is 376 g/mol. The van der Waals surface area contributed by atoms with Gasteiger partial charge >= 0.3 is 0 Å². The van der Waals surface area contributed by atoms with Crippen molar-refractivity contribution in [3.05, 3.63) is 24.3 Å². The van der Waals surface area contributed by atoms with E-state index in [-0.39, 0.29) is 17.7 Å². The largest absolute Gasteiger partial charge is 0.356 e. The minimum atomic E-state index is -0.418. The highest BCUT2D eigenvalue weighted by Gasteiger charge is 2.34. The van der Waals surface area contributed by atoms with Gasteiger partial charge in [-0.2, -0.15) is 0 Å². The number of hydrogen-bond acceptors (Lipinski definition) is 5. The molecule has 1 saturated heterocycles. The summed E-state index contributed by atoms with van der Waals surface area (Å²) in [4.78, 5) is 42.2. The number of likely N-dealkylation sites (tertiary alicyclic amines) is 1. The molecule has 0 saturated carbocycles. The standard InChI is InChI=1S/C20H26N4O3S/c1-14(25)21-12-6-2-3-11-18(26)24-13-7-9-16(24)19(27)23-20-22-15-8-4-5-10-17(15)28-20/h4-5,8,10,16H,2-3,6-7,9,11-13H2,1H3,(H,21,25)(H,22,23,27). The Labute approximate surface area is 168 Å². The maximum atomic E-state index is 12.7. The highest BCUT2D eigenvalue weighted by atomic mass is 32.1. The summed E-state index contributed by atoms with van der Waals surface area (Å²) in [6.45, 7) is 2.76. The molecule has 0 spiro atoms. The Balaban J connectivity index is 1.48. The number of thiazole rings is 1. The lowest BCUT2D eigenvalue weighted by Gasteiger charge is -2.23. The molecule has 150 valence electrons. The van der Waals surface area contributed by atoms with Crippen molar-refractivity contribution in [1.29, 1.82) is 0 Å². The summed E-state index contributed by atoms with van der Waals surface area (Å²) in [6.07, 6.45) is 4.46. The molecule has 2 heterocycles. The Morgan fingerprint density at radius 3 is 2.82 bits per heavy atom. The number of nitrogens with one attached hydrogen (secondary N) is 2. The second-order valence-corrected chi connectivity index (χ2v) is 8.05. The summed E-state index contributed by atoms with van der Waals surface area (Å²) in [7, 11) is 0. The molecule has 1 aromatic heterocycles. The number of amides is 3. The number of carbonyl (C=O) groups is 3. The van der Waals surface area contributed by atoms with Crippen LogP contribution < -0.4 is 10.6 Å². The lowest BCUT2D eigenvalue weighted by atomic mass is 10.1. The third-order valence-electron chi connectivity index (χ3n) is 4.84. The predicted octanol–water partition coefficient (Wildman–Crippen LogP) is 2.92. The molecule has 8 heteroatoms. The second kappa shape index (κ2) is 9.64. The van der Waals surface area contributed by atoms with E-state index in [1.54, 1.807) is 4.90 Å². The number of para-hydroxylation sites is 1. The first kappa shape index (κ1) is 20.3. The van der Waals surface area contributed by atoms with E-state index in [1.165, 1.54) is 18.3 Å². The van der Waals surface area contributed by atoms with E-state index in [2.05, 4.69) is 15.6 Å². The van der Waals surface area contributed by atoms with Gasteiger partial charge in [0.2, 0.25) is 17.7 Å². The number of rotatable bonds is 8. The molecule has 0 radical (unpaired) electrons. The van der Waals surface area contributed by atoms with E-state index in [1.807, 2.05) is 24.3 Å². The smallest absolute Gasteiger partial charge is 0.248 e. The van der Waals surface area contributed by atoms with Gasteiger partial charge in [-0.05, 0) is 37.8 Å². The third-order valence-corrected chi connectivity index (χ3v) is 5.79. The molecule has 1 unspecified atom stereocenters. The van der Waals surface area contributed by atoms with Gasteiger partial charge in [0, 0.05) is 26.4 Å². The van der Waals surface area contributed by atoms with Gasteiger partial charge in [-0.15, -0.1) is 0 Å². The van der Waals surface area contributed by atoms with E-state index >= 15 is 0 Å². The Morgan fingerprint density at radius 1 is 1.21 bits per heavy atom. The second-order valence-electron chi connectivity index (χ2n) is 7.01. The molecule has 2 N–H and O–H groups in total. The van der Waals surface area contributed by atoms with Crippen molar-refractivity contribution in [1.82, 2.24) is 15.2 Å². The van der Waals surface area contributed by atoms with Crippen LogP contribution in [0.3, 0.4) is 0 Å². The van der Waals surface area contributed by atoms with Crippen LogP contribution in [0.25, 0.3) is 10.2 Å². The van der Waals surface area contributed by atoms with Gasteiger partial charge in [0.15, 0.2) is 5.13 Å². The summed E-state index contributed by atoms with van der Waals surface area (Å²) in [5.74, 6) is -0.160. The Bertz CT molecular complexity index is 818. The first-order valence-electron chi connectivity index (χ1n) is 9.75. The van der Waals surface area contributed by atoms with Gasteiger partial charge in [-0.1, -0.05) is 29.9 Å². The van der Waals surface area contributed by atoms with Crippen LogP contribution in [0.2, 0.25) is 0 Å². The summed E-state index contributed by atoms with van der Waals surface area (Å²) in [6, 6.07) is 7.33. The lowest BCUT2D eigenvalue weighted by Crippen LogP contribution is -2.43. The van der Waals surface area contributed by atoms with Gasteiger partial charge in [-0.25, -0.2) is 4.98 Å². The lowest BCUT2D eigenvalue weighted by molar-refractivity contribution is -0.136. The van der Waals surface area contributed by atoms with E-state index in [4.69, 9.17) is 0 Å². The van der Waals surface area contributed by atoms with E-state index in [0.29, 0.717) is 31.1 Å². The Hall–Kier alpha value is -2.48. The monoisotopic (exact) mass is 402 g/mol. The molecule has 1 aliphatic heterocycles. The van der Waals surface area contributed by atoms with Gasteiger partial charge in [0.1, 0.15) is 6.04 Å². The van der Waals surface area contributed by atoms with Crippen molar-refractivity contribution in [3.63, 3.8) is 0 Å². The molecule has 1 atom stereocenters. The number of fused-ring (bicyclic) bond motifs is 1. The van der Waals surface area contributed by atoms with Crippen LogP contribution in [0.1, 0.15) is 45.4 Å². The number of aromatic nitrogens is 1. The summed E-state index contributed by atoms with van der Waals surface area (Å²) >= 11 is 1.44. The number of unbranched alkanes of at least 4 members (excludes halogenated alkanes) is 2.